The molecule has 0 spiro atoms. The normalized spacial score (nSPS) is 10.3. The van der Waals surface area contributed by atoms with Gasteiger partial charge < -0.3 is 5.11 Å². The van der Waals surface area contributed by atoms with E-state index in [1.165, 1.54) is 10.9 Å². The van der Waals surface area contributed by atoms with Crippen molar-refractivity contribution in [1.82, 2.24) is 23.7 Å². The zero-order valence-electron chi connectivity index (χ0n) is 6.86. The molecule has 14 heavy (non-hydrogen) atoms. The van der Waals surface area contributed by atoms with Crippen molar-refractivity contribution in [2.75, 3.05) is 0 Å². The van der Waals surface area contributed by atoms with Gasteiger partial charge in [0.2, 0.25) is 0 Å². The summed E-state index contributed by atoms with van der Waals surface area (Å²) in [6.45, 7) is 0.386. The van der Waals surface area contributed by atoms with Crippen molar-refractivity contribution in [3.63, 3.8) is 0 Å². The Morgan fingerprint density at radius 2 is 2.50 bits per heavy atom. The van der Waals surface area contributed by atoms with E-state index in [9.17, 15) is 4.79 Å². The molecule has 2 aromatic rings. The molecule has 2 rings (SSSR count). The van der Waals surface area contributed by atoms with Crippen LogP contribution in [0, 0.1) is 0 Å². The van der Waals surface area contributed by atoms with Crippen molar-refractivity contribution in [3.8, 4) is 0 Å². The van der Waals surface area contributed by atoms with Crippen LogP contribution in [0.2, 0.25) is 0 Å². The molecule has 0 unspecified atom stereocenters. The SMILES string of the molecule is O=C(O)c1cn(Cc2cnsn2)nn1. The third-order valence-electron chi connectivity index (χ3n) is 1.49. The van der Waals surface area contributed by atoms with Gasteiger partial charge in [-0.15, -0.1) is 5.10 Å². The number of aromatic nitrogens is 5. The quantitative estimate of drug-likeness (QED) is 0.760. The van der Waals surface area contributed by atoms with Crippen LogP contribution < -0.4 is 0 Å². The van der Waals surface area contributed by atoms with Crippen LogP contribution in [0.15, 0.2) is 12.4 Å². The number of aromatic carboxylic acids is 1. The Labute approximate surface area is 82.3 Å². The van der Waals surface area contributed by atoms with Gasteiger partial charge in [-0.3, -0.25) is 0 Å². The first kappa shape index (κ1) is 8.75. The lowest BCUT2D eigenvalue weighted by atomic mass is 10.4. The Hall–Kier alpha value is -1.83. The molecule has 0 aliphatic heterocycles. The number of hydrogen-bond donors (Lipinski definition) is 1. The largest absolute Gasteiger partial charge is 0.476 e. The molecule has 0 aliphatic rings. The van der Waals surface area contributed by atoms with Gasteiger partial charge in [0, 0.05) is 0 Å². The van der Waals surface area contributed by atoms with Crippen LogP contribution in [0.25, 0.3) is 0 Å². The number of rotatable bonds is 3. The van der Waals surface area contributed by atoms with Crippen molar-refractivity contribution in [3.05, 3.63) is 23.8 Å². The Morgan fingerprint density at radius 3 is 3.07 bits per heavy atom. The van der Waals surface area contributed by atoms with Crippen LogP contribution in [0.4, 0.5) is 0 Å². The van der Waals surface area contributed by atoms with Crippen LogP contribution >= 0.6 is 11.7 Å². The maximum absolute atomic E-state index is 10.5. The molecular weight excluding hydrogens is 206 g/mol. The summed E-state index contributed by atoms with van der Waals surface area (Å²) in [4.78, 5) is 10.5. The van der Waals surface area contributed by atoms with E-state index in [-0.39, 0.29) is 5.69 Å². The second-order valence-corrected chi connectivity index (χ2v) is 3.06. The third kappa shape index (κ3) is 1.74. The summed E-state index contributed by atoms with van der Waals surface area (Å²) in [7, 11) is 0. The van der Waals surface area contributed by atoms with Gasteiger partial charge in [0.05, 0.1) is 36.4 Å². The second-order valence-electron chi connectivity index (χ2n) is 2.51. The fourth-order valence-corrected chi connectivity index (χ4v) is 1.32. The first-order valence-electron chi connectivity index (χ1n) is 3.65. The minimum absolute atomic E-state index is 0.0758. The third-order valence-corrected chi connectivity index (χ3v) is 2.00. The van der Waals surface area contributed by atoms with Crippen LogP contribution in [0.1, 0.15) is 16.2 Å². The molecule has 1 N–H and O–H groups in total. The number of carbonyl (C=O) groups is 1. The number of carboxylic acid groups (broad SMARTS) is 1. The highest BCUT2D eigenvalue weighted by molar-refractivity contribution is 6.99. The van der Waals surface area contributed by atoms with Crippen molar-refractivity contribution in [2.45, 2.75) is 6.54 Å². The molecule has 2 aromatic heterocycles. The highest BCUT2D eigenvalue weighted by Crippen LogP contribution is 1.99. The van der Waals surface area contributed by atoms with Crippen LogP contribution in [0.3, 0.4) is 0 Å². The Kier molecular flexibility index (Phi) is 2.19. The zero-order chi connectivity index (χ0) is 9.97. The van der Waals surface area contributed by atoms with Crippen molar-refractivity contribution in [2.24, 2.45) is 0 Å². The molecule has 0 saturated carbocycles. The van der Waals surface area contributed by atoms with E-state index in [2.05, 4.69) is 19.1 Å². The molecule has 0 amide bonds. The second kappa shape index (κ2) is 3.50. The Bertz CT molecular complexity index is 437. The van der Waals surface area contributed by atoms with E-state index in [0.717, 1.165) is 17.4 Å². The van der Waals surface area contributed by atoms with E-state index in [0.29, 0.717) is 6.54 Å². The fourth-order valence-electron chi connectivity index (χ4n) is 0.893. The van der Waals surface area contributed by atoms with Gasteiger partial charge in [-0.2, -0.15) is 8.75 Å². The van der Waals surface area contributed by atoms with Gasteiger partial charge in [-0.1, -0.05) is 5.21 Å². The Morgan fingerprint density at radius 1 is 1.64 bits per heavy atom. The lowest BCUT2D eigenvalue weighted by Gasteiger charge is -1.92. The van der Waals surface area contributed by atoms with Crippen molar-refractivity contribution >= 4 is 17.7 Å². The highest BCUT2D eigenvalue weighted by Gasteiger charge is 2.08. The predicted octanol–water partition coefficient (Wildman–Crippen LogP) is -0.124. The van der Waals surface area contributed by atoms with E-state index < -0.39 is 5.97 Å². The average Bonchev–Trinajstić information content (AvgIpc) is 2.75. The van der Waals surface area contributed by atoms with Gasteiger partial charge in [-0.05, 0) is 0 Å². The van der Waals surface area contributed by atoms with Crippen molar-refractivity contribution in [1.29, 1.82) is 0 Å². The minimum atomic E-state index is -1.09. The molecule has 0 radical (unpaired) electrons. The van der Waals surface area contributed by atoms with E-state index in [4.69, 9.17) is 5.11 Å². The van der Waals surface area contributed by atoms with E-state index in [1.54, 1.807) is 6.20 Å². The summed E-state index contributed by atoms with van der Waals surface area (Å²) >= 11 is 1.09. The van der Waals surface area contributed by atoms with Gasteiger partial charge in [0.15, 0.2) is 5.69 Å². The first-order valence-corrected chi connectivity index (χ1v) is 4.38. The van der Waals surface area contributed by atoms with Gasteiger partial charge in [0.25, 0.3) is 0 Å². The molecule has 0 aliphatic carbocycles. The molecule has 2 heterocycles. The highest BCUT2D eigenvalue weighted by atomic mass is 32.1. The number of carboxylic acids is 1. The molecule has 0 atom stereocenters. The van der Waals surface area contributed by atoms with Crippen LogP contribution in [-0.4, -0.2) is 34.8 Å². The average molecular weight is 211 g/mol. The number of nitrogens with zero attached hydrogens (tertiary/aromatic N) is 5. The van der Waals surface area contributed by atoms with E-state index >= 15 is 0 Å². The lowest BCUT2D eigenvalue weighted by Crippen LogP contribution is -2.00. The van der Waals surface area contributed by atoms with Gasteiger partial charge >= 0.3 is 5.97 Å². The van der Waals surface area contributed by atoms with Crippen molar-refractivity contribution < 1.29 is 9.90 Å². The summed E-state index contributed by atoms with van der Waals surface area (Å²) in [5.74, 6) is -1.09. The summed E-state index contributed by atoms with van der Waals surface area (Å²) < 4.78 is 9.18. The minimum Gasteiger partial charge on any atom is -0.476 e. The molecule has 0 bridgehead atoms. The molecule has 7 nitrogen and oxygen atoms in total. The maximum Gasteiger partial charge on any atom is 0.358 e. The topological polar surface area (TPSA) is 93.8 Å². The molecule has 0 fully saturated rings. The summed E-state index contributed by atoms with van der Waals surface area (Å²) in [6, 6.07) is 0. The predicted molar refractivity (Wildman–Crippen MR) is 46.0 cm³/mol. The Balaban J connectivity index is 2.14. The van der Waals surface area contributed by atoms with E-state index in [1.807, 2.05) is 0 Å². The summed E-state index contributed by atoms with van der Waals surface area (Å²) in [5, 5.41) is 15.7. The van der Waals surface area contributed by atoms with Crippen LogP contribution in [0.5, 0.6) is 0 Å². The first-order chi connectivity index (χ1) is 6.75. The summed E-state index contributed by atoms with van der Waals surface area (Å²) in [6.07, 6.45) is 2.95. The molecule has 8 heteroatoms. The van der Waals surface area contributed by atoms with Crippen LogP contribution in [-0.2, 0) is 6.54 Å². The smallest absolute Gasteiger partial charge is 0.358 e. The van der Waals surface area contributed by atoms with Gasteiger partial charge in [-0.25, -0.2) is 9.48 Å². The maximum atomic E-state index is 10.5. The fraction of sp³-hybridized carbons (Fsp3) is 0.167. The monoisotopic (exact) mass is 211 g/mol. The molecule has 72 valence electrons. The zero-order valence-corrected chi connectivity index (χ0v) is 7.68. The summed E-state index contributed by atoms with van der Waals surface area (Å²) in [5.41, 5.74) is 0.657. The number of hydrogen-bond acceptors (Lipinski definition) is 6. The molecule has 0 aromatic carbocycles. The molecular formula is C6H5N5O2S. The molecule has 0 saturated heterocycles. The lowest BCUT2D eigenvalue weighted by molar-refractivity contribution is 0.0690. The standard InChI is InChI=1S/C6H5N5O2S/c12-6(13)5-3-11(10-8-5)2-4-1-7-14-9-4/h1,3H,2H2,(H,12,13). The van der Waals surface area contributed by atoms with Gasteiger partial charge in [0.1, 0.15) is 0 Å².